The Morgan fingerprint density at radius 2 is 1.84 bits per heavy atom. The van der Waals surface area contributed by atoms with Crippen LogP contribution in [0.3, 0.4) is 0 Å². The van der Waals surface area contributed by atoms with Crippen LogP contribution in [0.2, 0.25) is 0 Å². The molecule has 4 rings (SSSR count). The van der Waals surface area contributed by atoms with Crippen molar-refractivity contribution in [3.63, 3.8) is 0 Å². The molecule has 196 valence electrons. The van der Waals surface area contributed by atoms with E-state index >= 15 is 0 Å². The lowest BCUT2D eigenvalue weighted by Crippen LogP contribution is -2.11. The molecule has 5 nitrogen and oxygen atoms in total. The van der Waals surface area contributed by atoms with E-state index in [1.165, 1.54) is 27.8 Å². The molecule has 2 aromatic rings. The van der Waals surface area contributed by atoms with E-state index in [9.17, 15) is 5.11 Å². The number of rotatable bonds is 9. The molecule has 6 N–H and O–H groups in total. The maximum atomic E-state index is 9.73. The fraction of sp³-hybridized carbons (Fsp3) is 0.250. The number of fused-ring (bicyclic) bond motifs is 1. The minimum absolute atomic E-state index is 0. The van der Waals surface area contributed by atoms with E-state index in [1.807, 2.05) is 12.1 Å². The van der Waals surface area contributed by atoms with Crippen LogP contribution in [0.1, 0.15) is 42.4 Å². The lowest BCUT2D eigenvalue weighted by molar-refractivity contribution is 0.164. The minimum atomic E-state index is 0. The first-order valence-corrected chi connectivity index (χ1v) is 12.3. The smallest absolute Gasteiger partial charge is 0.115 e. The van der Waals surface area contributed by atoms with E-state index in [0.717, 1.165) is 36.7 Å². The number of aryl methyl sites for hydroxylation is 1. The zero-order valence-corrected chi connectivity index (χ0v) is 21.9. The van der Waals surface area contributed by atoms with Gasteiger partial charge in [0.2, 0.25) is 0 Å². The van der Waals surface area contributed by atoms with E-state index in [0.29, 0.717) is 6.54 Å². The molecule has 0 fully saturated rings. The van der Waals surface area contributed by atoms with E-state index < -0.39 is 0 Å². The first kappa shape index (κ1) is 29.7. The van der Waals surface area contributed by atoms with Crippen molar-refractivity contribution >= 4 is 5.57 Å². The molecule has 37 heavy (non-hydrogen) atoms. The standard InChI is InChI=1S/C31H33NO2.CH4O.H2O/c1-21-8-6-9-25(18-21)31-20-26(29-10-4-5-11-30(29)31)19-22(2)23(3)28(12-7-17-32-34)24-13-15-27(33)16-14-24;1-2;/h4-6,8-11,13-16,18-20,28,30,32-34H,3,7,12,17H2,1-2H3;2H,1H3;1H2/b22-19+;;. The van der Waals surface area contributed by atoms with Crippen molar-refractivity contribution in [2.75, 3.05) is 13.7 Å². The van der Waals surface area contributed by atoms with Gasteiger partial charge in [-0.15, -0.1) is 0 Å². The largest absolute Gasteiger partial charge is 0.508 e. The van der Waals surface area contributed by atoms with Crippen LogP contribution in [0.4, 0.5) is 0 Å². The molecule has 0 aromatic heterocycles. The third-order valence-corrected chi connectivity index (χ3v) is 6.73. The second-order valence-electron chi connectivity index (χ2n) is 9.15. The SMILES string of the molecule is C=C(/C(C)=C/C1=C2C=CC=CC2C(c2cccc(C)c2)=C1)C(CCCNO)c1ccc(O)cc1.CO.O. The molecular formula is C32H39NO4. The van der Waals surface area contributed by atoms with Crippen molar-refractivity contribution in [2.45, 2.75) is 32.6 Å². The third-order valence-electron chi connectivity index (χ3n) is 6.73. The molecule has 0 amide bonds. The maximum absolute atomic E-state index is 9.73. The van der Waals surface area contributed by atoms with Crippen LogP contribution in [0.15, 0.2) is 114 Å². The summed E-state index contributed by atoms with van der Waals surface area (Å²) in [7, 11) is 1.00. The van der Waals surface area contributed by atoms with Gasteiger partial charge in [0.1, 0.15) is 5.75 Å². The number of aliphatic hydroxyl groups is 1. The van der Waals surface area contributed by atoms with Gasteiger partial charge >= 0.3 is 0 Å². The number of nitrogens with one attached hydrogen (secondary N) is 1. The highest BCUT2D eigenvalue weighted by Crippen LogP contribution is 2.43. The predicted molar refractivity (Wildman–Crippen MR) is 152 cm³/mol. The third kappa shape index (κ3) is 7.28. The Hall–Kier alpha value is -3.48. The van der Waals surface area contributed by atoms with Gasteiger partial charge in [-0.2, -0.15) is 0 Å². The Morgan fingerprint density at radius 3 is 2.51 bits per heavy atom. The summed E-state index contributed by atoms with van der Waals surface area (Å²) in [4.78, 5) is 0. The first-order chi connectivity index (χ1) is 17.5. The van der Waals surface area contributed by atoms with Crippen LogP contribution in [0, 0.1) is 12.8 Å². The van der Waals surface area contributed by atoms with Gasteiger partial charge in [0, 0.05) is 25.5 Å². The highest BCUT2D eigenvalue weighted by molar-refractivity contribution is 5.82. The Balaban J connectivity index is 0.00000157. The van der Waals surface area contributed by atoms with Crippen LogP contribution in [-0.2, 0) is 0 Å². The quantitative estimate of drug-likeness (QED) is 0.193. The molecule has 2 aliphatic rings. The van der Waals surface area contributed by atoms with Gasteiger partial charge in [-0.3, -0.25) is 0 Å². The van der Waals surface area contributed by atoms with Crippen molar-refractivity contribution in [3.05, 3.63) is 131 Å². The zero-order chi connectivity index (χ0) is 26.1. The average Bonchev–Trinajstić information content (AvgIpc) is 3.26. The summed E-state index contributed by atoms with van der Waals surface area (Å²) in [5.41, 5.74) is 12.0. The molecule has 0 bridgehead atoms. The number of phenolic OH excluding ortho intramolecular Hbond substituents is 1. The summed E-state index contributed by atoms with van der Waals surface area (Å²) in [6.45, 7) is 9.27. The highest BCUT2D eigenvalue weighted by Gasteiger charge is 2.26. The fourth-order valence-electron chi connectivity index (χ4n) is 4.88. The summed E-state index contributed by atoms with van der Waals surface area (Å²) in [5, 5.41) is 25.8. The topological polar surface area (TPSA) is 104 Å². The Bertz CT molecular complexity index is 1220. The second kappa shape index (κ2) is 14.3. The summed E-state index contributed by atoms with van der Waals surface area (Å²) in [6, 6.07) is 16.1. The van der Waals surface area contributed by atoms with Gasteiger partial charge in [-0.25, -0.2) is 5.48 Å². The molecule has 0 spiro atoms. The van der Waals surface area contributed by atoms with Crippen LogP contribution in [0.5, 0.6) is 5.75 Å². The van der Waals surface area contributed by atoms with E-state index in [-0.39, 0.29) is 23.1 Å². The van der Waals surface area contributed by atoms with Crippen molar-refractivity contribution < 1.29 is 20.9 Å². The van der Waals surface area contributed by atoms with Crippen LogP contribution < -0.4 is 5.48 Å². The van der Waals surface area contributed by atoms with Gasteiger partial charge < -0.3 is 20.9 Å². The van der Waals surface area contributed by atoms with E-state index in [2.05, 4.69) is 86.6 Å². The van der Waals surface area contributed by atoms with Gasteiger partial charge in [0.25, 0.3) is 0 Å². The number of hydroxylamine groups is 1. The van der Waals surface area contributed by atoms with Gasteiger partial charge in [-0.05, 0) is 83.9 Å². The van der Waals surface area contributed by atoms with Crippen molar-refractivity contribution in [1.29, 1.82) is 0 Å². The lowest BCUT2D eigenvalue weighted by atomic mass is 9.83. The molecule has 5 heteroatoms. The molecule has 0 saturated carbocycles. The van der Waals surface area contributed by atoms with Gasteiger partial charge in [0.15, 0.2) is 0 Å². The summed E-state index contributed by atoms with van der Waals surface area (Å²) >= 11 is 0. The second-order valence-corrected chi connectivity index (χ2v) is 9.15. The highest BCUT2D eigenvalue weighted by atomic mass is 16.5. The van der Waals surface area contributed by atoms with Crippen LogP contribution in [-0.4, -0.2) is 34.6 Å². The predicted octanol–water partition coefficient (Wildman–Crippen LogP) is 5.97. The van der Waals surface area contributed by atoms with Crippen LogP contribution in [0.25, 0.3) is 5.57 Å². The average molecular weight is 502 g/mol. The summed E-state index contributed by atoms with van der Waals surface area (Å²) in [5.74, 6) is 0.630. The summed E-state index contributed by atoms with van der Waals surface area (Å²) in [6.07, 6.45) is 15.0. The van der Waals surface area contributed by atoms with Crippen LogP contribution >= 0.6 is 0 Å². The molecule has 2 aliphatic carbocycles. The number of phenols is 1. The Morgan fingerprint density at radius 1 is 1.11 bits per heavy atom. The van der Waals surface area contributed by atoms with E-state index in [1.54, 1.807) is 12.1 Å². The molecule has 2 unspecified atom stereocenters. The summed E-state index contributed by atoms with van der Waals surface area (Å²) < 4.78 is 0. The van der Waals surface area contributed by atoms with Gasteiger partial charge in [0.05, 0.1) is 0 Å². The van der Waals surface area contributed by atoms with E-state index in [4.69, 9.17) is 10.3 Å². The van der Waals surface area contributed by atoms with Crippen molar-refractivity contribution in [3.8, 4) is 5.75 Å². The Labute approximate surface area is 220 Å². The number of aromatic hydroxyl groups is 1. The molecule has 0 heterocycles. The molecule has 2 aromatic carbocycles. The molecular weight excluding hydrogens is 462 g/mol. The minimum Gasteiger partial charge on any atom is -0.508 e. The number of allylic oxidation sites excluding steroid dienone is 11. The first-order valence-electron chi connectivity index (χ1n) is 12.3. The molecule has 0 radical (unpaired) electrons. The van der Waals surface area contributed by atoms with Crippen molar-refractivity contribution in [2.24, 2.45) is 5.92 Å². The number of aliphatic hydroxyl groups excluding tert-OH is 1. The monoisotopic (exact) mass is 501 g/mol. The number of benzene rings is 2. The molecule has 2 atom stereocenters. The number of hydrogen-bond donors (Lipinski definition) is 4. The van der Waals surface area contributed by atoms with Crippen molar-refractivity contribution in [1.82, 2.24) is 5.48 Å². The normalized spacial score (nSPS) is 16.8. The fourth-order valence-corrected chi connectivity index (χ4v) is 4.88. The lowest BCUT2D eigenvalue weighted by Gasteiger charge is -2.21. The molecule has 0 aliphatic heterocycles. The maximum Gasteiger partial charge on any atom is 0.115 e. The van der Waals surface area contributed by atoms with Gasteiger partial charge in [-0.1, -0.05) is 78.9 Å². The Kier molecular flexibility index (Phi) is 11.5. The zero-order valence-electron chi connectivity index (χ0n) is 21.9. The molecule has 0 saturated heterocycles. The number of hydrogen-bond acceptors (Lipinski definition) is 4.